The number of sulfone groups is 1. The van der Waals surface area contributed by atoms with Crippen LogP contribution in [0.15, 0.2) is 41.3 Å². The van der Waals surface area contributed by atoms with Crippen LogP contribution in [-0.2, 0) is 16.3 Å². The molecule has 0 bridgehead atoms. The first-order chi connectivity index (χ1) is 14.9. The molecule has 0 amide bonds. The highest BCUT2D eigenvalue weighted by molar-refractivity contribution is 7.90. The maximum Gasteiger partial charge on any atom is 0.405 e. The van der Waals surface area contributed by atoms with Gasteiger partial charge >= 0.3 is 6.18 Å². The highest BCUT2D eigenvalue weighted by Crippen LogP contribution is 2.43. The summed E-state index contributed by atoms with van der Waals surface area (Å²) in [5.74, 6) is 0.402. The molecule has 174 valence electrons. The Morgan fingerprint density at radius 2 is 1.84 bits per heavy atom. The zero-order chi connectivity index (χ0) is 23.3. The van der Waals surface area contributed by atoms with Gasteiger partial charge in [-0.05, 0) is 48.4 Å². The number of hydrogen-bond donors (Lipinski definition) is 1. The normalized spacial score (nSPS) is 24.4. The zero-order valence-corrected chi connectivity index (χ0v) is 19.3. The second kappa shape index (κ2) is 8.68. The van der Waals surface area contributed by atoms with Crippen LogP contribution in [0.1, 0.15) is 17.2 Å². The van der Waals surface area contributed by atoms with Crippen molar-refractivity contribution < 1.29 is 26.3 Å². The monoisotopic (exact) mass is 508 g/mol. The largest absolute Gasteiger partial charge is 0.484 e. The summed E-state index contributed by atoms with van der Waals surface area (Å²) in [6.45, 7) is 0.408. The molecule has 11 heteroatoms. The third-order valence-electron chi connectivity index (χ3n) is 5.85. The quantitative estimate of drug-likeness (QED) is 0.667. The molecular formula is C21H21Cl2F3N2O3S. The Morgan fingerprint density at radius 3 is 2.47 bits per heavy atom. The van der Waals surface area contributed by atoms with Crippen molar-refractivity contribution in [1.29, 1.82) is 0 Å². The van der Waals surface area contributed by atoms with Crippen LogP contribution in [0.5, 0.6) is 5.75 Å². The average Bonchev–Trinajstić information content (AvgIpc) is 3.06. The molecule has 1 saturated heterocycles. The molecule has 1 heterocycles. The van der Waals surface area contributed by atoms with Crippen molar-refractivity contribution in [1.82, 2.24) is 10.2 Å². The minimum Gasteiger partial charge on any atom is -0.484 e. The Bertz CT molecular complexity index is 1110. The first-order valence-electron chi connectivity index (χ1n) is 9.92. The van der Waals surface area contributed by atoms with E-state index in [9.17, 15) is 21.6 Å². The number of hydrogen-bond acceptors (Lipinski definition) is 5. The second-order valence-corrected chi connectivity index (χ2v) is 10.9. The predicted octanol–water partition coefficient (Wildman–Crippen LogP) is 4.28. The van der Waals surface area contributed by atoms with Gasteiger partial charge in [-0.2, -0.15) is 13.2 Å². The molecule has 2 aromatic rings. The molecule has 1 aliphatic heterocycles. The van der Waals surface area contributed by atoms with E-state index in [-0.39, 0.29) is 24.0 Å². The minimum absolute atomic E-state index is 0.148. The van der Waals surface area contributed by atoms with Crippen LogP contribution in [0.2, 0.25) is 10.0 Å². The van der Waals surface area contributed by atoms with Gasteiger partial charge in [0.25, 0.3) is 0 Å². The number of piperazine rings is 1. The van der Waals surface area contributed by atoms with Gasteiger partial charge in [0.15, 0.2) is 9.84 Å². The van der Waals surface area contributed by atoms with Crippen LogP contribution < -0.4 is 10.1 Å². The summed E-state index contributed by atoms with van der Waals surface area (Å²) in [5.41, 5.74) is 1.52. The molecule has 1 fully saturated rings. The number of alkyl halides is 3. The number of fused-ring (bicyclic) bond motifs is 1. The fourth-order valence-corrected chi connectivity index (χ4v) is 5.50. The van der Waals surface area contributed by atoms with Crippen LogP contribution in [0.3, 0.4) is 0 Å². The molecule has 1 N–H and O–H groups in total. The Labute approximate surface area is 194 Å². The molecule has 5 nitrogen and oxygen atoms in total. The molecule has 2 aliphatic rings. The summed E-state index contributed by atoms with van der Waals surface area (Å²) in [6.07, 6.45) is -3.44. The Kier molecular flexibility index (Phi) is 6.41. The van der Waals surface area contributed by atoms with Crippen molar-refractivity contribution in [3.63, 3.8) is 0 Å². The molecule has 0 radical (unpaired) electrons. The maximum atomic E-state index is 13.4. The minimum atomic E-state index is -4.36. The fraction of sp³-hybridized carbons (Fsp3) is 0.429. The van der Waals surface area contributed by atoms with Crippen LogP contribution in [0.25, 0.3) is 0 Å². The maximum absolute atomic E-state index is 13.4. The summed E-state index contributed by atoms with van der Waals surface area (Å²) < 4.78 is 69.7. The van der Waals surface area contributed by atoms with E-state index >= 15 is 0 Å². The summed E-state index contributed by atoms with van der Waals surface area (Å²) in [7, 11) is -3.37. The highest BCUT2D eigenvalue weighted by atomic mass is 35.5. The second-order valence-electron chi connectivity index (χ2n) is 8.05. The lowest BCUT2D eigenvalue weighted by molar-refractivity contribution is -0.167. The smallest absolute Gasteiger partial charge is 0.405 e. The van der Waals surface area contributed by atoms with Crippen molar-refractivity contribution in [3.8, 4) is 5.75 Å². The number of nitrogens with zero attached hydrogens (tertiary/aromatic N) is 1. The van der Waals surface area contributed by atoms with Gasteiger partial charge in [0.2, 0.25) is 0 Å². The van der Waals surface area contributed by atoms with Gasteiger partial charge < -0.3 is 10.1 Å². The predicted molar refractivity (Wildman–Crippen MR) is 116 cm³/mol. The van der Waals surface area contributed by atoms with Gasteiger partial charge in [0, 0.05) is 41.5 Å². The molecule has 0 saturated carbocycles. The molecule has 4 rings (SSSR count). The van der Waals surface area contributed by atoms with E-state index in [4.69, 9.17) is 27.9 Å². The van der Waals surface area contributed by atoms with Gasteiger partial charge in [-0.3, -0.25) is 4.90 Å². The van der Waals surface area contributed by atoms with Crippen LogP contribution >= 0.6 is 23.2 Å². The molecule has 2 aromatic carbocycles. The van der Waals surface area contributed by atoms with Gasteiger partial charge in [0.1, 0.15) is 17.9 Å². The molecule has 0 aromatic heterocycles. The van der Waals surface area contributed by atoms with Crippen molar-refractivity contribution >= 4 is 33.0 Å². The Hall–Kier alpha value is -1.52. The summed E-state index contributed by atoms with van der Waals surface area (Å²) >= 11 is 12.6. The van der Waals surface area contributed by atoms with Gasteiger partial charge in [-0.1, -0.05) is 23.2 Å². The zero-order valence-electron chi connectivity index (χ0n) is 17.0. The van der Waals surface area contributed by atoms with Crippen LogP contribution in [-0.4, -0.2) is 57.5 Å². The topological polar surface area (TPSA) is 58.6 Å². The van der Waals surface area contributed by atoms with Gasteiger partial charge in [0.05, 0.1) is 10.9 Å². The van der Waals surface area contributed by atoms with Gasteiger partial charge in [-0.15, -0.1) is 0 Å². The van der Waals surface area contributed by atoms with E-state index in [1.807, 2.05) is 0 Å². The van der Waals surface area contributed by atoms with E-state index in [0.717, 1.165) is 17.4 Å². The lowest BCUT2D eigenvalue weighted by atomic mass is 10.1. The van der Waals surface area contributed by atoms with E-state index in [0.29, 0.717) is 28.8 Å². The van der Waals surface area contributed by atoms with E-state index in [1.54, 1.807) is 17.0 Å². The lowest BCUT2D eigenvalue weighted by Gasteiger charge is -2.40. The third-order valence-corrected chi connectivity index (χ3v) is 7.53. The summed E-state index contributed by atoms with van der Waals surface area (Å²) in [6, 6.07) is 7.26. The number of rotatable bonds is 4. The van der Waals surface area contributed by atoms with E-state index in [2.05, 4.69) is 5.32 Å². The van der Waals surface area contributed by atoms with E-state index < -0.39 is 28.2 Å². The number of nitrogens with one attached hydrogen (secondary N) is 1. The van der Waals surface area contributed by atoms with Crippen molar-refractivity contribution in [2.75, 3.05) is 25.9 Å². The van der Waals surface area contributed by atoms with Crippen molar-refractivity contribution in [2.24, 2.45) is 0 Å². The van der Waals surface area contributed by atoms with E-state index in [1.165, 1.54) is 24.3 Å². The van der Waals surface area contributed by atoms with Gasteiger partial charge in [-0.25, -0.2) is 8.42 Å². The lowest BCUT2D eigenvalue weighted by Crippen LogP contribution is -2.60. The van der Waals surface area contributed by atoms with Crippen molar-refractivity contribution in [3.05, 3.63) is 57.6 Å². The molecule has 1 aliphatic carbocycles. The molecule has 0 spiro atoms. The van der Waals surface area contributed by atoms with Crippen LogP contribution in [0, 0.1) is 0 Å². The van der Waals surface area contributed by atoms with Crippen molar-refractivity contribution in [2.45, 2.75) is 35.7 Å². The Balaban J connectivity index is 1.66. The summed E-state index contributed by atoms with van der Waals surface area (Å²) in [4.78, 5) is 1.92. The molecule has 32 heavy (non-hydrogen) atoms. The summed E-state index contributed by atoms with van der Waals surface area (Å²) in [5, 5.41) is 3.38. The average molecular weight is 509 g/mol. The number of ether oxygens (including phenoxy) is 1. The SMILES string of the molecule is CS(=O)(=O)c1ccc(O[C@@H]2c3cc(Cl)cc(Cl)c3C[C@@H]2N2CCNC(C(F)(F)F)C2)cc1. The standard InChI is InChI=1S/C21H21Cl2F3N2O3S/c1-32(29,30)14-4-2-13(3-5-14)31-20-16-8-12(22)9-17(23)15(16)10-18(20)28-7-6-27-19(11-28)21(24,25)26/h2-5,8-9,18-20,27H,6-7,10-11H2,1H3/t18-,19?,20+/m0/s1. The first-order valence-corrected chi connectivity index (χ1v) is 12.6. The molecular weight excluding hydrogens is 488 g/mol. The number of halogens is 5. The highest BCUT2D eigenvalue weighted by Gasteiger charge is 2.46. The van der Waals surface area contributed by atoms with Crippen LogP contribution in [0.4, 0.5) is 13.2 Å². The Morgan fingerprint density at radius 1 is 1.16 bits per heavy atom. The molecule has 3 atom stereocenters. The molecule has 1 unspecified atom stereocenters. The third kappa shape index (κ3) is 4.87. The fourth-order valence-electron chi connectivity index (χ4n) is 4.28. The first kappa shape index (κ1) is 23.6. The number of benzene rings is 2.